The van der Waals surface area contributed by atoms with Crippen LogP contribution in [0.3, 0.4) is 0 Å². The number of carbonyl (C=O) groups is 3. The number of Topliss-reactive ketones (excluding diaryl/α,β-unsaturated/α-hetero) is 1. The number of rotatable bonds is 7. The number of aromatic nitrogens is 1. The summed E-state index contributed by atoms with van der Waals surface area (Å²) in [5, 5.41) is 11.7. The van der Waals surface area contributed by atoms with E-state index in [4.69, 9.17) is 9.47 Å². The molecule has 4 rings (SSSR count). The number of amides is 1. The lowest BCUT2D eigenvalue weighted by molar-refractivity contribution is -0.132. The van der Waals surface area contributed by atoms with Gasteiger partial charge in [0.15, 0.2) is 5.13 Å². The highest BCUT2D eigenvalue weighted by molar-refractivity contribution is 7.17. The highest BCUT2D eigenvalue weighted by atomic mass is 32.1. The third kappa shape index (κ3) is 5.38. The number of hydrogen-bond acceptors (Lipinski definition) is 8. The van der Waals surface area contributed by atoms with Crippen LogP contribution in [0.25, 0.3) is 5.76 Å². The summed E-state index contributed by atoms with van der Waals surface area (Å²) in [6.07, 6.45) is 0. The van der Waals surface area contributed by atoms with Crippen LogP contribution < -0.4 is 9.64 Å². The molecule has 1 aromatic heterocycles. The fourth-order valence-electron chi connectivity index (χ4n) is 4.69. The molecule has 0 radical (unpaired) electrons. The Morgan fingerprint density at radius 3 is 2.30 bits per heavy atom. The number of anilines is 1. The molecule has 0 aliphatic carbocycles. The van der Waals surface area contributed by atoms with Crippen molar-refractivity contribution in [1.82, 2.24) is 4.98 Å². The van der Waals surface area contributed by atoms with Crippen LogP contribution in [0.4, 0.5) is 5.13 Å². The Morgan fingerprint density at radius 1 is 1.05 bits per heavy atom. The minimum absolute atomic E-state index is 0.0497. The third-order valence-corrected chi connectivity index (χ3v) is 7.89. The van der Waals surface area contributed by atoms with Gasteiger partial charge in [-0.1, -0.05) is 56.4 Å². The quantitative estimate of drug-likeness (QED) is 0.157. The smallest absolute Gasteiger partial charge is 0.350 e. The van der Waals surface area contributed by atoms with Crippen molar-refractivity contribution in [1.29, 1.82) is 0 Å². The van der Waals surface area contributed by atoms with Gasteiger partial charge in [0.2, 0.25) is 0 Å². The highest BCUT2D eigenvalue weighted by Crippen LogP contribution is 2.44. The molecular weight excluding hydrogens is 528 g/mol. The molecule has 1 aliphatic heterocycles. The number of carbonyl (C=O) groups excluding carboxylic acids is 3. The molecular formula is C31H34N2O6S. The summed E-state index contributed by atoms with van der Waals surface area (Å²) >= 11 is 0.983. The molecule has 2 aromatic carbocycles. The number of esters is 1. The summed E-state index contributed by atoms with van der Waals surface area (Å²) in [7, 11) is 0. The number of ketones is 1. The van der Waals surface area contributed by atoms with Gasteiger partial charge in [-0.05, 0) is 68.0 Å². The van der Waals surface area contributed by atoms with Crippen molar-refractivity contribution >= 4 is 39.9 Å². The summed E-state index contributed by atoms with van der Waals surface area (Å²) in [5.74, 6) is -1.86. The number of hydrogen-bond donors (Lipinski definition) is 1. The number of benzene rings is 2. The number of ether oxygens (including phenoxy) is 2. The van der Waals surface area contributed by atoms with Crippen LogP contribution in [0.5, 0.6) is 5.75 Å². The van der Waals surface area contributed by atoms with Gasteiger partial charge in [-0.2, -0.15) is 0 Å². The van der Waals surface area contributed by atoms with Crippen LogP contribution in [0.2, 0.25) is 0 Å². The van der Waals surface area contributed by atoms with Gasteiger partial charge in [0.1, 0.15) is 16.4 Å². The normalized spacial score (nSPS) is 16.9. The highest BCUT2D eigenvalue weighted by Gasteiger charge is 2.48. The van der Waals surface area contributed by atoms with Crippen LogP contribution in [-0.2, 0) is 19.7 Å². The molecule has 2 heterocycles. The van der Waals surface area contributed by atoms with Crippen molar-refractivity contribution in [2.75, 3.05) is 18.1 Å². The summed E-state index contributed by atoms with van der Waals surface area (Å²) in [5.41, 5.74) is 3.04. The van der Waals surface area contributed by atoms with Crippen LogP contribution >= 0.6 is 11.3 Å². The number of thiazole rings is 1. The van der Waals surface area contributed by atoms with Gasteiger partial charge < -0.3 is 14.6 Å². The van der Waals surface area contributed by atoms with Gasteiger partial charge in [-0.15, -0.1) is 0 Å². The summed E-state index contributed by atoms with van der Waals surface area (Å²) in [6.45, 7) is 14.0. The zero-order valence-electron chi connectivity index (χ0n) is 23.8. The van der Waals surface area contributed by atoms with E-state index in [0.29, 0.717) is 34.7 Å². The molecule has 0 saturated carbocycles. The molecule has 3 aromatic rings. The van der Waals surface area contributed by atoms with Crippen LogP contribution in [0.1, 0.15) is 78.3 Å². The molecule has 1 saturated heterocycles. The average molecular weight is 563 g/mol. The predicted octanol–water partition coefficient (Wildman–Crippen LogP) is 6.26. The lowest BCUT2D eigenvalue weighted by Crippen LogP contribution is -2.29. The zero-order chi connectivity index (χ0) is 29.4. The number of aliphatic hydroxyl groups excluding tert-OH is 1. The first-order chi connectivity index (χ1) is 18.9. The van der Waals surface area contributed by atoms with E-state index in [0.717, 1.165) is 16.9 Å². The fourth-order valence-corrected chi connectivity index (χ4v) is 5.67. The first-order valence-electron chi connectivity index (χ1n) is 13.2. The Bertz CT molecular complexity index is 1500. The van der Waals surface area contributed by atoms with Crippen molar-refractivity contribution in [2.24, 2.45) is 0 Å². The maximum atomic E-state index is 13.6. The molecule has 8 nitrogen and oxygen atoms in total. The molecule has 1 aliphatic rings. The van der Waals surface area contributed by atoms with E-state index in [1.165, 1.54) is 4.90 Å². The topological polar surface area (TPSA) is 106 Å². The number of aliphatic hydroxyl groups is 1. The van der Waals surface area contributed by atoms with Crippen LogP contribution in [0.15, 0.2) is 48.0 Å². The third-order valence-electron chi connectivity index (χ3n) is 6.75. The van der Waals surface area contributed by atoms with E-state index in [-0.39, 0.29) is 33.4 Å². The summed E-state index contributed by atoms with van der Waals surface area (Å²) < 4.78 is 10.7. The molecule has 1 fully saturated rings. The maximum absolute atomic E-state index is 13.6. The summed E-state index contributed by atoms with van der Waals surface area (Å²) in [4.78, 5) is 45.6. The largest absolute Gasteiger partial charge is 0.507 e. The van der Waals surface area contributed by atoms with Crippen molar-refractivity contribution in [3.8, 4) is 5.75 Å². The van der Waals surface area contributed by atoms with Crippen LogP contribution in [0, 0.1) is 13.8 Å². The zero-order valence-corrected chi connectivity index (χ0v) is 24.6. The molecule has 1 atom stereocenters. The predicted molar refractivity (Wildman–Crippen MR) is 155 cm³/mol. The van der Waals surface area contributed by atoms with Crippen LogP contribution in [-0.4, -0.2) is 41.0 Å². The maximum Gasteiger partial charge on any atom is 0.350 e. The van der Waals surface area contributed by atoms with E-state index in [1.54, 1.807) is 39.0 Å². The van der Waals surface area contributed by atoms with E-state index in [1.807, 2.05) is 31.2 Å². The van der Waals surface area contributed by atoms with Gasteiger partial charge in [-0.25, -0.2) is 9.78 Å². The standard InChI is InChI=1S/C31H34N2O6S/c1-8-38-21-14-15-22(17(3)16-21)25(34)23-24(19-10-12-20(13-11-19)31(5,6)7)33(28(36)26(23)35)30-32-18(4)27(40-30)29(37)39-9-2/h10-16,24,34H,8-9H2,1-7H3/b25-23-. The second-order valence-electron chi connectivity index (χ2n) is 10.6. The Morgan fingerprint density at radius 2 is 1.73 bits per heavy atom. The molecule has 210 valence electrons. The monoisotopic (exact) mass is 562 g/mol. The first kappa shape index (κ1) is 29.0. The number of aryl methyl sites for hydroxylation is 2. The van der Waals surface area contributed by atoms with Gasteiger partial charge in [0, 0.05) is 5.56 Å². The van der Waals surface area contributed by atoms with Gasteiger partial charge in [0.05, 0.1) is 30.5 Å². The second kappa shape index (κ2) is 11.3. The van der Waals surface area contributed by atoms with Crippen molar-refractivity contribution in [2.45, 2.75) is 59.9 Å². The fraction of sp³-hybridized carbons (Fsp3) is 0.355. The Kier molecular flexibility index (Phi) is 8.16. The van der Waals surface area contributed by atoms with Gasteiger partial charge >= 0.3 is 11.9 Å². The van der Waals surface area contributed by atoms with E-state index >= 15 is 0 Å². The van der Waals surface area contributed by atoms with Crippen molar-refractivity contribution < 1.29 is 29.0 Å². The lowest BCUT2D eigenvalue weighted by Gasteiger charge is -2.25. The van der Waals surface area contributed by atoms with Crippen molar-refractivity contribution in [3.05, 3.63) is 80.9 Å². The SMILES string of the molecule is CCOC(=O)c1sc(N2C(=O)C(=O)/C(=C(\O)c3ccc(OCC)cc3C)C2c2ccc(C(C)(C)C)cc2)nc1C. The Balaban J connectivity index is 1.92. The van der Waals surface area contributed by atoms with Gasteiger partial charge in [0.25, 0.3) is 5.78 Å². The minimum atomic E-state index is -0.958. The first-order valence-corrected chi connectivity index (χ1v) is 14.0. The Hall–Kier alpha value is -3.98. The molecule has 0 bridgehead atoms. The van der Waals surface area contributed by atoms with Gasteiger partial charge in [-0.3, -0.25) is 14.5 Å². The van der Waals surface area contributed by atoms with E-state index in [2.05, 4.69) is 25.8 Å². The molecule has 1 N–H and O–H groups in total. The molecule has 0 spiro atoms. The van der Waals surface area contributed by atoms with E-state index < -0.39 is 23.7 Å². The molecule has 9 heteroatoms. The lowest BCUT2D eigenvalue weighted by atomic mass is 9.85. The van der Waals surface area contributed by atoms with Crippen molar-refractivity contribution in [3.63, 3.8) is 0 Å². The van der Waals surface area contributed by atoms with E-state index in [9.17, 15) is 19.5 Å². The minimum Gasteiger partial charge on any atom is -0.507 e. The number of nitrogens with zero attached hydrogens (tertiary/aromatic N) is 2. The second-order valence-corrected chi connectivity index (χ2v) is 11.6. The Labute approximate surface area is 238 Å². The average Bonchev–Trinajstić information content (AvgIpc) is 3.40. The molecule has 1 unspecified atom stereocenters. The summed E-state index contributed by atoms with van der Waals surface area (Å²) in [6, 6.07) is 11.8. The molecule has 40 heavy (non-hydrogen) atoms. The molecule has 1 amide bonds.